The molecule has 1 aromatic carbocycles. The molecule has 21 heavy (non-hydrogen) atoms. The van der Waals surface area contributed by atoms with Gasteiger partial charge in [-0.3, -0.25) is 19.9 Å². The molecular weight excluding hydrogens is 272 g/mol. The van der Waals surface area contributed by atoms with Gasteiger partial charge >= 0.3 is 0 Å². The summed E-state index contributed by atoms with van der Waals surface area (Å²) in [6, 6.07) is 8.89. The Balaban J connectivity index is 2.06. The van der Waals surface area contributed by atoms with Crippen molar-refractivity contribution in [3.63, 3.8) is 0 Å². The fourth-order valence-corrected chi connectivity index (χ4v) is 1.58. The second kappa shape index (κ2) is 6.38. The van der Waals surface area contributed by atoms with E-state index in [1.807, 2.05) is 6.07 Å². The summed E-state index contributed by atoms with van der Waals surface area (Å²) in [5, 5.41) is 14.5. The van der Waals surface area contributed by atoms with Gasteiger partial charge in [-0.05, 0) is 25.1 Å². The van der Waals surface area contributed by atoms with Crippen molar-refractivity contribution >= 4 is 17.3 Å². The Morgan fingerprint density at radius 2 is 1.95 bits per heavy atom. The van der Waals surface area contributed by atoms with Crippen molar-refractivity contribution in [3.05, 3.63) is 70.0 Å². The number of carbonyl (C=O) groups excluding carboxylic acids is 1. The van der Waals surface area contributed by atoms with Crippen molar-refractivity contribution < 1.29 is 9.72 Å². The monoisotopic (exact) mass is 284 g/mol. The molecule has 2 aromatic rings. The molecule has 1 aromatic heterocycles. The Bertz CT molecular complexity index is 681. The number of pyridine rings is 1. The van der Waals surface area contributed by atoms with Gasteiger partial charge in [0.15, 0.2) is 0 Å². The van der Waals surface area contributed by atoms with Crippen LogP contribution < -0.4 is 5.43 Å². The Kier molecular flexibility index (Phi) is 4.35. The molecule has 1 amide bonds. The Morgan fingerprint density at radius 3 is 2.52 bits per heavy atom. The first-order valence-electron chi connectivity index (χ1n) is 6.07. The van der Waals surface area contributed by atoms with Crippen LogP contribution in [0.3, 0.4) is 0 Å². The molecule has 0 unspecified atom stereocenters. The first-order valence-corrected chi connectivity index (χ1v) is 6.07. The van der Waals surface area contributed by atoms with Crippen molar-refractivity contribution in [2.45, 2.75) is 6.92 Å². The summed E-state index contributed by atoms with van der Waals surface area (Å²) in [6.45, 7) is 1.74. The van der Waals surface area contributed by atoms with Crippen LogP contribution in [0.1, 0.15) is 22.8 Å². The Morgan fingerprint density at radius 1 is 1.24 bits per heavy atom. The second-order valence-corrected chi connectivity index (χ2v) is 4.18. The van der Waals surface area contributed by atoms with E-state index in [9.17, 15) is 14.9 Å². The van der Waals surface area contributed by atoms with E-state index in [-0.39, 0.29) is 5.69 Å². The van der Waals surface area contributed by atoms with E-state index in [4.69, 9.17) is 0 Å². The quantitative estimate of drug-likeness (QED) is 0.528. The third kappa shape index (κ3) is 3.69. The predicted molar refractivity (Wildman–Crippen MR) is 77.0 cm³/mol. The molecule has 7 heteroatoms. The zero-order valence-electron chi connectivity index (χ0n) is 11.2. The van der Waals surface area contributed by atoms with E-state index in [1.165, 1.54) is 24.3 Å². The van der Waals surface area contributed by atoms with Crippen LogP contribution in [0.15, 0.2) is 53.9 Å². The highest BCUT2D eigenvalue weighted by molar-refractivity contribution is 6.00. The molecule has 0 saturated heterocycles. The van der Waals surface area contributed by atoms with Gasteiger partial charge in [-0.1, -0.05) is 6.07 Å². The number of hydrazone groups is 1. The summed E-state index contributed by atoms with van der Waals surface area (Å²) in [5.74, 6) is -0.437. The molecule has 0 aliphatic heterocycles. The van der Waals surface area contributed by atoms with E-state index in [0.29, 0.717) is 11.3 Å². The van der Waals surface area contributed by atoms with Crippen LogP contribution in [0.4, 0.5) is 5.69 Å². The van der Waals surface area contributed by atoms with E-state index in [1.54, 1.807) is 25.4 Å². The minimum atomic E-state index is -0.521. The fraction of sp³-hybridized carbons (Fsp3) is 0.0714. The molecule has 0 bridgehead atoms. The number of nitrogens with one attached hydrogen (secondary N) is 1. The van der Waals surface area contributed by atoms with Crippen LogP contribution in [0.2, 0.25) is 0 Å². The number of aromatic nitrogens is 1. The highest BCUT2D eigenvalue weighted by Gasteiger charge is 2.09. The van der Waals surface area contributed by atoms with Gasteiger partial charge in [0.2, 0.25) is 0 Å². The standard InChI is InChI=1S/C14H12N4O3/c1-10(12-3-2-8-15-9-12)16-17-14(19)11-4-6-13(7-5-11)18(20)21/h2-9H,1H3,(H,17,19)/b16-10+. The molecule has 0 atom stereocenters. The number of hydrogen-bond donors (Lipinski definition) is 1. The molecule has 0 aliphatic rings. The van der Waals surface area contributed by atoms with Crippen molar-refractivity contribution in [2.24, 2.45) is 5.10 Å². The lowest BCUT2D eigenvalue weighted by Crippen LogP contribution is -2.19. The SMILES string of the molecule is C/C(=N\NC(=O)c1ccc([N+](=O)[O-])cc1)c1cccnc1. The second-order valence-electron chi connectivity index (χ2n) is 4.18. The van der Waals surface area contributed by atoms with Gasteiger partial charge in [0.1, 0.15) is 0 Å². The minimum absolute atomic E-state index is 0.0680. The molecule has 106 valence electrons. The topological polar surface area (TPSA) is 97.5 Å². The predicted octanol–water partition coefficient (Wildman–Crippen LogP) is 2.14. The fourth-order valence-electron chi connectivity index (χ4n) is 1.58. The van der Waals surface area contributed by atoms with Crippen LogP contribution in [0, 0.1) is 10.1 Å². The zero-order chi connectivity index (χ0) is 15.2. The number of nitrogens with zero attached hydrogens (tertiary/aromatic N) is 3. The smallest absolute Gasteiger partial charge is 0.267 e. The molecule has 0 saturated carbocycles. The Hall–Kier alpha value is -3.09. The molecule has 0 spiro atoms. The van der Waals surface area contributed by atoms with Crippen LogP contribution in [0.5, 0.6) is 0 Å². The summed E-state index contributed by atoms with van der Waals surface area (Å²) < 4.78 is 0. The number of amides is 1. The summed E-state index contributed by atoms with van der Waals surface area (Å²) in [5.41, 5.74) is 4.03. The number of rotatable bonds is 4. The van der Waals surface area contributed by atoms with Crippen LogP contribution in [-0.4, -0.2) is 21.5 Å². The van der Waals surface area contributed by atoms with Crippen molar-refractivity contribution in [1.82, 2.24) is 10.4 Å². The van der Waals surface area contributed by atoms with Crippen molar-refractivity contribution in [3.8, 4) is 0 Å². The molecule has 7 nitrogen and oxygen atoms in total. The third-order valence-corrected chi connectivity index (χ3v) is 2.74. The van der Waals surface area contributed by atoms with E-state index in [0.717, 1.165) is 5.56 Å². The number of nitro groups is 1. The zero-order valence-corrected chi connectivity index (χ0v) is 11.2. The Labute approximate surface area is 120 Å². The molecule has 0 aliphatic carbocycles. The van der Waals surface area contributed by atoms with Crippen LogP contribution in [0.25, 0.3) is 0 Å². The highest BCUT2D eigenvalue weighted by Crippen LogP contribution is 2.11. The maximum absolute atomic E-state index is 11.9. The highest BCUT2D eigenvalue weighted by atomic mass is 16.6. The molecule has 2 rings (SSSR count). The average molecular weight is 284 g/mol. The first-order chi connectivity index (χ1) is 10.1. The summed E-state index contributed by atoms with van der Waals surface area (Å²) in [6.07, 6.45) is 3.28. The lowest BCUT2D eigenvalue weighted by atomic mass is 10.2. The molecule has 0 fully saturated rings. The first kappa shape index (κ1) is 14.3. The summed E-state index contributed by atoms with van der Waals surface area (Å²) >= 11 is 0. The van der Waals surface area contributed by atoms with Crippen molar-refractivity contribution in [2.75, 3.05) is 0 Å². The van der Waals surface area contributed by atoms with Gasteiger partial charge in [0.25, 0.3) is 11.6 Å². The molecular formula is C14H12N4O3. The number of non-ortho nitro benzene ring substituents is 1. The largest absolute Gasteiger partial charge is 0.271 e. The lowest BCUT2D eigenvalue weighted by Gasteiger charge is -2.02. The summed E-state index contributed by atoms with van der Waals surface area (Å²) in [7, 11) is 0. The normalized spacial score (nSPS) is 11.0. The van der Waals surface area contributed by atoms with Gasteiger partial charge in [-0.25, -0.2) is 5.43 Å². The number of hydrogen-bond acceptors (Lipinski definition) is 5. The summed E-state index contributed by atoms with van der Waals surface area (Å²) in [4.78, 5) is 25.8. The van der Waals surface area contributed by atoms with Gasteiger partial charge < -0.3 is 0 Å². The van der Waals surface area contributed by atoms with Gasteiger partial charge in [-0.15, -0.1) is 0 Å². The van der Waals surface area contributed by atoms with Crippen LogP contribution >= 0.6 is 0 Å². The third-order valence-electron chi connectivity index (χ3n) is 2.74. The van der Waals surface area contributed by atoms with Crippen LogP contribution in [-0.2, 0) is 0 Å². The number of benzene rings is 1. The van der Waals surface area contributed by atoms with Gasteiger partial charge in [-0.2, -0.15) is 5.10 Å². The van der Waals surface area contributed by atoms with Gasteiger partial charge in [0, 0.05) is 35.7 Å². The number of carbonyl (C=O) groups is 1. The molecule has 1 heterocycles. The number of nitro benzene ring substituents is 1. The van der Waals surface area contributed by atoms with E-state index in [2.05, 4.69) is 15.5 Å². The van der Waals surface area contributed by atoms with E-state index < -0.39 is 10.8 Å². The molecule has 1 N–H and O–H groups in total. The lowest BCUT2D eigenvalue weighted by molar-refractivity contribution is -0.384. The van der Waals surface area contributed by atoms with Crippen molar-refractivity contribution in [1.29, 1.82) is 0 Å². The minimum Gasteiger partial charge on any atom is -0.267 e. The van der Waals surface area contributed by atoms with Gasteiger partial charge in [0.05, 0.1) is 10.6 Å². The maximum Gasteiger partial charge on any atom is 0.271 e. The maximum atomic E-state index is 11.9. The molecule has 0 radical (unpaired) electrons. The van der Waals surface area contributed by atoms with E-state index >= 15 is 0 Å². The average Bonchev–Trinajstić information content (AvgIpc) is 2.53.